The first-order chi connectivity index (χ1) is 10.3. The summed E-state index contributed by atoms with van der Waals surface area (Å²) < 4.78 is 3.42. The third kappa shape index (κ3) is 2.50. The first-order valence-electron chi connectivity index (χ1n) is 8.30. The molecule has 0 radical (unpaired) electrons. The van der Waals surface area contributed by atoms with Gasteiger partial charge in [0.15, 0.2) is 0 Å². The highest BCUT2D eigenvalue weighted by Crippen LogP contribution is 2.56. The Morgan fingerprint density at radius 1 is 0.952 bits per heavy atom. The summed E-state index contributed by atoms with van der Waals surface area (Å²) in [4.78, 5) is 0. The zero-order chi connectivity index (χ0) is 14.4. The lowest BCUT2D eigenvalue weighted by atomic mass is 10.3. The Morgan fingerprint density at radius 2 is 1.62 bits per heavy atom. The maximum Gasteiger partial charge on any atom is 0.0370 e. The van der Waals surface area contributed by atoms with Crippen LogP contribution in [-0.2, 0) is 0 Å². The first kappa shape index (κ1) is 14.6. The number of thiophene rings is 1. The van der Waals surface area contributed by atoms with Crippen molar-refractivity contribution in [2.45, 2.75) is 50.8 Å². The Morgan fingerprint density at radius 3 is 2.29 bits per heavy atom. The molecule has 4 atom stereocenters. The summed E-state index contributed by atoms with van der Waals surface area (Å²) in [5, 5.41) is 3.48. The maximum atomic E-state index is 2.51. The Labute approximate surface area is 134 Å². The summed E-state index contributed by atoms with van der Waals surface area (Å²) in [6.07, 6.45) is 8.84. The largest absolute Gasteiger partial charge is 0.135 e. The number of hydrogen-bond donors (Lipinski definition) is 0. The van der Waals surface area contributed by atoms with Gasteiger partial charge >= 0.3 is 0 Å². The monoisotopic (exact) mass is 334 g/mol. The lowest BCUT2D eigenvalue weighted by Gasteiger charge is -2.22. The van der Waals surface area contributed by atoms with E-state index in [1.807, 2.05) is 9.92 Å². The fourth-order valence-electron chi connectivity index (χ4n) is 3.99. The molecule has 0 aliphatic carbocycles. The topological polar surface area (TPSA) is 0 Å². The third-order valence-corrected chi connectivity index (χ3v) is 13.5. The molecule has 0 spiro atoms. The molecule has 2 saturated heterocycles. The van der Waals surface area contributed by atoms with Crippen molar-refractivity contribution in [2.75, 3.05) is 12.3 Å². The van der Waals surface area contributed by atoms with E-state index in [0.29, 0.717) is 0 Å². The zero-order valence-corrected chi connectivity index (χ0v) is 15.6. The minimum Gasteiger partial charge on any atom is -0.135 e. The number of fused-ring (bicyclic) bond motifs is 1. The van der Waals surface area contributed by atoms with E-state index in [-0.39, 0.29) is 15.8 Å². The van der Waals surface area contributed by atoms with Crippen LogP contribution in [-0.4, -0.2) is 23.6 Å². The molecule has 2 aliphatic heterocycles. The second-order valence-electron chi connectivity index (χ2n) is 6.62. The quantitative estimate of drug-likeness (QED) is 0.638. The Bertz CT molecular complexity index is 648. The molecule has 2 fully saturated rings. The summed E-state index contributed by atoms with van der Waals surface area (Å²) in [5.41, 5.74) is 1.91. The van der Waals surface area contributed by atoms with Crippen molar-refractivity contribution in [1.29, 1.82) is 0 Å². The summed E-state index contributed by atoms with van der Waals surface area (Å²) in [6, 6.07) is 9.25. The van der Waals surface area contributed by atoms with Gasteiger partial charge < -0.3 is 0 Å². The number of hydrogen-bond acceptors (Lipinski definition) is 1. The van der Waals surface area contributed by atoms with Crippen molar-refractivity contribution in [3.8, 4) is 0 Å². The zero-order valence-electron chi connectivity index (χ0n) is 13.0. The summed E-state index contributed by atoms with van der Waals surface area (Å²) in [6.45, 7) is 5.03. The van der Waals surface area contributed by atoms with Gasteiger partial charge in [-0.05, 0) is 55.4 Å². The van der Waals surface area contributed by atoms with Crippen molar-refractivity contribution >= 4 is 47.2 Å². The van der Waals surface area contributed by atoms with Crippen molar-refractivity contribution < 1.29 is 0 Å². The van der Waals surface area contributed by atoms with E-state index in [1.165, 1.54) is 38.0 Å². The molecule has 2 aromatic rings. The van der Waals surface area contributed by atoms with Crippen LogP contribution < -0.4 is 9.92 Å². The van der Waals surface area contributed by atoms with Crippen molar-refractivity contribution in [3.63, 3.8) is 0 Å². The second-order valence-corrected chi connectivity index (χ2v) is 13.4. The van der Waals surface area contributed by atoms with Gasteiger partial charge in [-0.25, -0.2) is 0 Å². The molecule has 0 bridgehead atoms. The molecule has 1 aromatic heterocycles. The fraction of sp³-hybridized carbons (Fsp3) is 0.556. The number of rotatable bonds is 2. The summed E-state index contributed by atoms with van der Waals surface area (Å²) in [7, 11) is 0.237. The molecule has 112 valence electrons. The van der Waals surface area contributed by atoms with Crippen LogP contribution in [0.25, 0.3) is 10.1 Å². The molecule has 21 heavy (non-hydrogen) atoms. The van der Waals surface area contributed by atoms with Crippen LogP contribution in [0.2, 0.25) is 0 Å². The number of benzene rings is 1. The fourth-order valence-corrected chi connectivity index (χ4v) is 13.1. The minimum atomic E-state index is 0.106. The van der Waals surface area contributed by atoms with Gasteiger partial charge in [-0.15, -0.1) is 11.3 Å². The molecule has 4 rings (SSSR count). The average molecular weight is 334 g/mol. The van der Waals surface area contributed by atoms with Gasteiger partial charge in [0.2, 0.25) is 0 Å². The smallest absolute Gasteiger partial charge is 0.0370 e. The lowest BCUT2D eigenvalue weighted by Crippen LogP contribution is -2.22. The molecule has 0 saturated carbocycles. The highest BCUT2D eigenvalue weighted by Gasteiger charge is 2.34. The van der Waals surface area contributed by atoms with Crippen molar-refractivity contribution in [3.05, 3.63) is 24.3 Å². The average Bonchev–Trinajstić information content (AvgIpc) is 3.16. The van der Waals surface area contributed by atoms with E-state index < -0.39 is 0 Å². The van der Waals surface area contributed by atoms with Gasteiger partial charge in [-0.3, -0.25) is 0 Å². The third-order valence-electron chi connectivity index (χ3n) is 5.21. The molecule has 0 amide bonds. The van der Waals surface area contributed by atoms with E-state index in [1.54, 1.807) is 10.1 Å². The van der Waals surface area contributed by atoms with Crippen LogP contribution in [0.5, 0.6) is 0 Å². The predicted octanol–water partition coefficient (Wildman–Crippen LogP) is 5.48. The molecule has 3 heterocycles. The molecule has 3 heteroatoms. The van der Waals surface area contributed by atoms with Crippen molar-refractivity contribution in [2.24, 2.45) is 0 Å². The van der Waals surface area contributed by atoms with E-state index in [9.17, 15) is 0 Å². The van der Waals surface area contributed by atoms with Crippen molar-refractivity contribution in [1.82, 2.24) is 0 Å². The van der Waals surface area contributed by atoms with Gasteiger partial charge in [0, 0.05) is 20.0 Å². The van der Waals surface area contributed by atoms with Crippen LogP contribution in [0.15, 0.2) is 24.3 Å². The van der Waals surface area contributed by atoms with Gasteiger partial charge in [-0.1, -0.05) is 47.9 Å². The normalized spacial score (nSPS) is 33.0. The molecular weight excluding hydrogens is 310 g/mol. The molecular formula is C18H24P2S. The maximum absolute atomic E-state index is 2.51. The van der Waals surface area contributed by atoms with Gasteiger partial charge in [0.25, 0.3) is 0 Å². The molecule has 2 aliphatic rings. The minimum absolute atomic E-state index is 0.106. The summed E-state index contributed by atoms with van der Waals surface area (Å²) in [5.74, 6) is 0. The van der Waals surface area contributed by atoms with Gasteiger partial charge in [0.05, 0.1) is 0 Å². The van der Waals surface area contributed by atoms with Crippen LogP contribution >= 0.6 is 27.2 Å². The van der Waals surface area contributed by atoms with Crippen LogP contribution in [0.3, 0.4) is 0 Å². The summed E-state index contributed by atoms with van der Waals surface area (Å²) >= 11 is 2.16. The van der Waals surface area contributed by atoms with E-state index in [4.69, 9.17) is 0 Å². The molecule has 0 nitrogen and oxygen atoms in total. The Balaban J connectivity index is 1.88. The highest BCUT2D eigenvalue weighted by molar-refractivity contribution is 7.78. The predicted molar refractivity (Wildman–Crippen MR) is 102 cm³/mol. The van der Waals surface area contributed by atoms with Gasteiger partial charge in [-0.2, -0.15) is 0 Å². The Kier molecular flexibility index (Phi) is 4.12. The first-order valence-corrected chi connectivity index (χ1v) is 12.3. The van der Waals surface area contributed by atoms with Gasteiger partial charge in [0.1, 0.15) is 0 Å². The van der Waals surface area contributed by atoms with Crippen LogP contribution in [0, 0.1) is 0 Å². The molecule has 2 unspecified atom stereocenters. The van der Waals surface area contributed by atoms with Crippen LogP contribution in [0.4, 0.5) is 0 Å². The molecule has 1 aromatic carbocycles. The van der Waals surface area contributed by atoms with E-state index in [0.717, 1.165) is 11.3 Å². The highest BCUT2D eigenvalue weighted by atomic mass is 32.1. The standard InChI is InChI=1S/C18H24P2S/c1-13-7-5-11-19(13)17-15-9-3-4-10-16(15)21-18(17)20-12-6-8-14(20)2/h3-4,9-10,13-14H,5-8,11-12H2,1-2H3/t13-,14-,19?,20?/m0/s1. The SMILES string of the molecule is C[C@H]1CCCP1c1sc2ccccc2c1P1CCC[C@@H]1C. The Hall–Kier alpha value is 0.0400. The molecule has 0 N–H and O–H groups in total. The lowest BCUT2D eigenvalue weighted by molar-refractivity contribution is 0.836. The van der Waals surface area contributed by atoms with Crippen LogP contribution in [0.1, 0.15) is 39.5 Å². The second kappa shape index (κ2) is 5.92. The van der Waals surface area contributed by atoms with E-state index >= 15 is 0 Å². The van der Waals surface area contributed by atoms with E-state index in [2.05, 4.69) is 49.4 Å².